The maximum Gasteiger partial charge on any atom is 0.307 e. The van der Waals surface area contributed by atoms with Crippen LogP contribution in [-0.2, 0) is 25.5 Å². The van der Waals surface area contributed by atoms with Gasteiger partial charge in [-0.3, -0.25) is 9.59 Å². The molecule has 0 amide bonds. The van der Waals surface area contributed by atoms with Crippen molar-refractivity contribution in [3.63, 3.8) is 0 Å². The lowest BCUT2D eigenvalue weighted by molar-refractivity contribution is -0.165. The third kappa shape index (κ3) is 4.46. The summed E-state index contributed by atoms with van der Waals surface area (Å²) in [5, 5.41) is 0.726. The number of aryl methyl sites for hydroxylation is 2. The van der Waals surface area contributed by atoms with Gasteiger partial charge in [-0.2, -0.15) is 0 Å². The first-order valence-electron chi connectivity index (χ1n) is 10.5. The lowest BCUT2D eigenvalue weighted by Crippen LogP contribution is -2.50. The molecule has 31 heavy (non-hydrogen) atoms. The lowest BCUT2D eigenvalue weighted by Gasteiger charge is -2.42. The number of hydrogen-bond donors (Lipinski definition) is 0. The van der Waals surface area contributed by atoms with Gasteiger partial charge in [-0.15, -0.1) is 0 Å². The second-order valence-corrected chi connectivity index (χ2v) is 9.35. The molecule has 0 unspecified atom stereocenters. The first kappa shape index (κ1) is 23.2. The van der Waals surface area contributed by atoms with E-state index in [9.17, 15) is 9.59 Å². The summed E-state index contributed by atoms with van der Waals surface area (Å²) in [5.74, 6) is -0.426. The fourth-order valence-electron chi connectivity index (χ4n) is 4.13. The number of ether oxygens (including phenoxy) is 2. The molecule has 5 heteroatoms. The van der Waals surface area contributed by atoms with Gasteiger partial charge in [-0.25, -0.2) is 0 Å². The smallest absolute Gasteiger partial charge is 0.307 e. The summed E-state index contributed by atoms with van der Waals surface area (Å²) in [4.78, 5) is 25.3. The maximum atomic E-state index is 13.4. The molecular weight excluding hydrogens is 412 g/mol. The monoisotopic (exact) mass is 440 g/mol. The highest BCUT2D eigenvalue weighted by Crippen LogP contribution is 2.43. The predicted octanol–water partition coefficient (Wildman–Crippen LogP) is 6.31. The number of benzene rings is 2. The third-order valence-corrected chi connectivity index (χ3v) is 5.97. The number of rotatable bonds is 4. The molecule has 164 valence electrons. The zero-order valence-electron chi connectivity index (χ0n) is 19.2. The predicted molar refractivity (Wildman–Crippen MR) is 124 cm³/mol. The van der Waals surface area contributed by atoms with Gasteiger partial charge in [0.25, 0.3) is 0 Å². The fourth-order valence-corrected chi connectivity index (χ4v) is 4.25. The van der Waals surface area contributed by atoms with Crippen LogP contribution in [0.5, 0.6) is 0 Å². The maximum absolute atomic E-state index is 13.4. The summed E-state index contributed by atoms with van der Waals surface area (Å²) < 4.78 is 11.6. The molecule has 0 aromatic heterocycles. The van der Waals surface area contributed by atoms with Crippen molar-refractivity contribution in [1.82, 2.24) is 0 Å². The van der Waals surface area contributed by atoms with Crippen LogP contribution in [0, 0.1) is 6.92 Å². The van der Waals surface area contributed by atoms with E-state index in [2.05, 4.69) is 6.07 Å². The standard InChI is InChI=1S/C26H29ClO4/c1-8-17-14-19(18-10-12-21(27)15(2)13-18)9-11-20(17)22-23(29)25(4,5)31-26(6,7)24(22)30-16(3)28/h9-14H,8H2,1-7H3. The second-order valence-electron chi connectivity index (χ2n) is 8.94. The Morgan fingerprint density at radius 2 is 1.65 bits per heavy atom. The molecule has 0 aliphatic carbocycles. The molecule has 4 nitrogen and oxygen atoms in total. The molecule has 2 aromatic rings. The molecule has 0 bridgehead atoms. The molecule has 0 N–H and O–H groups in total. The van der Waals surface area contributed by atoms with Gasteiger partial charge in [0.05, 0.1) is 5.57 Å². The molecule has 0 radical (unpaired) electrons. The number of hydrogen-bond acceptors (Lipinski definition) is 4. The summed E-state index contributed by atoms with van der Waals surface area (Å²) in [6, 6.07) is 11.9. The van der Waals surface area contributed by atoms with E-state index >= 15 is 0 Å². The average molecular weight is 441 g/mol. The molecule has 0 saturated heterocycles. The van der Waals surface area contributed by atoms with Crippen LogP contribution < -0.4 is 0 Å². The Balaban J connectivity index is 2.24. The highest BCUT2D eigenvalue weighted by Gasteiger charge is 2.48. The van der Waals surface area contributed by atoms with Gasteiger partial charge in [0.1, 0.15) is 11.2 Å². The Bertz CT molecular complexity index is 1090. The fraction of sp³-hybridized carbons (Fsp3) is 0.385. The van der Waals surface area contributed by atoms with Crippen molar-refractivity contribution in [3.05, 3.63) is 63.9 Å². The van der Waals surface area contributed by atoms with Crippen LogP contribution in [0.1, 0.15) is 58.2 Å². The SMILES string of the molecule is CCc1cc(-c2ccc(Cl)c(C)c2)ccc1C1=C(OC(C)=O)C(C)(C)OC(C)(C)C1=O. The van der Waals surface area contributed by atoms with E-state index in [1.807, 2.05) is 58.0 Å². The molecule has 1 heterocycles. The average Bonchev–Trinajstić information content (AvgIpc) is 2.67. The lowest BCUT2D eigenvalue weighted by atomic mass is 9.80. The zero-order valence-corrected chi connectivity index (χ0v) is 19.9. The van der Waals surface area contributed by atoms with Gasteiger partial charge in [-0.05, 0) is 81.0 Å². The van der Waals surface area contributed by atoms with E-state index in [1.165, 1.54) is 6.92 Å². The molecule has 0 spiro atoms. The quantitative estimate of drug-likeness (QED) is 0.523. The molecule has 3 rings (SSSR count). The van der Waals surface area contributed by atoms with Gasteiger partial charge in [-0.1, -0.05) is 42.8 Å². The van der Waals surface area contributed by atoms with Gasteiger partial charge >= 0.3 is 5.97 Å². The van der Waals surface area contributed by atoms with Gasteiger partial charge < -0.3 is 9.47 Å². The van der Waals surface area contributed by atoms with Crippen molar-refractivity contribution < 1.29 is 19.1 Å². The number of halogens is 1. The van der Waals surface area contributed by atoms with E-state index < -0.39 is 17.2 Å². The van der Waals surface area contributed by atoms with Gasteiger partial charge in [0.2, 0.25) is 0 Å². The normalized spacial score (nSPS) is 17.6. The number of ketones is 1. The summed E-state index contributed by atoms with van der Waals surface area (Å²) in [6.45, 7) is 12.5. The van der Waals surface area contributed by atoms with E-state index in [0.29, 0.717) is 12.0 Å². The highest BCUT2D eigenvalue weighted by atomic mass is 35.5. The first-order chi connectivity index (χ1) is 14.4. The van der Waals surface area contributed by atoms with Crippen LogP contribution in [-0.4, -0.2) is 23.0 Å². The van der Waals surface area contributed by atoms with Crippen LogP contribution in [0.2, 0.25) is 5.02 Å². The molecule has 2 aromatic carbocycles. The summed E-state index contributed by atoms with van der Waals surface area (Å²) >= 11 is 6.18. The Labute approximate surface area is 189 Å². The van der Waals surface area contributed by atoms with Crippen LogP contribution >= 0.6 is 11.6 Å². The van der Waals surface area contributed by atoms with Crippen molar-refractivity contribution in [2.75, 3.05) is 0 Å². The highest BCUT2D eigenvalue weighted by molar-refractivity contribution is 6.31. The van der Waals surface area contributed by atoms with Crippen molar-refractivity contribution >= 4 is 28.9 Å². The minimum absolute atomic E-state index is 0.201. The van der Waals surface area contributed by atoms with Crippen LogP contribution in [0.4, 0.5) is 0 Å². The largest absolute Gasteiger partial charge is 0.427 e. The van der Waals surface area contributed by atoms with E-state index in [1.54, 1.807) is 13.8 Å². The van der Waals surface area contributed by atoms with Crippen LogP contribution in [0.25, 0.3) is 16.7 Å². The number of carbonyl (C=O) groups excluding carboxylic acids is 2. The van der Waals surface area contributed by atoms with Crippen molar-refractivity contribution in [2.24, 2.45) is 0 Å². The van der Waals surface area contributed by atoms with Crippen molar-refractivity contribution in [3.8, 4) is 11.1 Å². The van der Waals surface area contributed by atoms with Crippen molar-refractivity contribution in [2.45, 2.75) is 66.1 Å². The molecule has 1 aliphatic heterocycles. The number of carbonyl (C=O) groups is 2. The topological polar surface area (TPSA) is 52.6 Å². The second kappa shape index (κ2) is 8.25. The molecule has 0 saturated carbocycles. The minimum atomic E-state index is -1.04. The van der Waals surface area contributed by atoms with Gasteiger partial charge in [0.15, 0.2) is 11.5 Å². The van der Waals surface area contributed by atoms with Crippen LogP contribution in [0.15, 0.2) is 42.2 Å². The molecule has 1 aliphatic rings. The number of Topliss-reactive ketones (excluding diaryl/α,β-unsaturated/α-hetero) is 1. The first-order valence-corrected chi connectivity index (χ1v) is 10.8. The number of esters is 1. The Morgan fingerprint density at radius 1 is 1.03 bits per heavy atom. The van der Waals surface area contributed by atoms with E-state index in [0.717, 1.165) is 32.8 Å². The minimum Gasteiger partial charge on any atom is -0.427 e. The Morgan fingerprint density at radius 3 is 2.23 bits per heavy atom. The molecule has 0 fully saturated rings. The van der Waals surface area contributed by atoms with Gasteiger partial charge in [0, 0.05) is 11.9 Å². The van der Waals surface area contributed by atoms with E-state index in [4.69, 9.17) is 21.1 Å². The Hall–Kier alpha value is -2.43. The van der Waals surface area contributed by atoms with Crippen molar-refractivity contribution in [1.29, 1.82) is 0 Å². The summed E-state index contributed by atoms with van der Waals surface area (Å²) in [7, 11) is 0. The summed E-state index contributed by atoms with van der Waals surface area (Å²) in [5.41, 5.74) is 3.28. The van der Waals surface area contributed by atoms with Crippen LogP contribution in [0.3, 0.4) is 0 Å². The Kier molecular flexibility index (Phi) is 6.18. The zero-order chi connectivity index (χ0) is 23.1. The molecular formula is C26H29ClO4. The summed E-state index contributed by atoms with van der Waals surface area (Å²) in [6.07, 6.45) is 0.710. The third-order valence-electron chi connectivity index (χ3n) is 5.55. The van der Waals surface area contributed by atoms with E-state index in [-0.39, 0.29) is 11.5 Å². The molecule has 0 atom stereocenters.